The van der Waals surface area contributed by atoms with E-state index in [0.29, 0.717) is 37.5 Å². The van der Waals surface area contributed by atoms with Crippen LogP contribution in [-0.4, -0.2) is 36.5 Å². The van der Waals surface area contributed by atoms with Crippen LogP contribution < -0.4 is 10.6 Å². The summed E-state index contributed by atoms with van der Waals surface area (Å²) in [6.45, 7) is 10.2. The summed E-state index contributed by atoms with van der Waals surface area (Å²) in [7, 11) is 0. The Kier molecular flexibility index (Phi) is 8.16. The topological polar surface area (TPSA) is 72.2 Å². The Morgan fingerprint density at radius 3 is 2.79 bits per heavy atom. The number of anilines is 1. The smallest absolute Gasteiger partial charge is 0.315 e. The van der Waals surface area contributed by atoms with Crippen molar-refractivity contribution in [3.8, 4) is 0 Å². The van der Waals surface area contributed by atoms with Crippen LogP contribution >= 0.6 is 0 Å². The molecule has 1 aromatic rings. The van der Waals surface area contributed by atoms with E-state index in [0.717, 1.165) is 26.0 Å². The highest BCUT2D eigenvalue weighted by Gasteiger charge is 2.04. The predicted molar refractivity (Wildman–Crippen MR) is 75.1 cm³/mol. The Labute approximate surface area is 115 Å². The van der Waals surface area contributed by atoms with E-state index in [1.165, 1.54) is 0 Å². The minimum Gasteiger partial charge on any atom is -0.407 e. The average molecular weight is 270 g/mol. The van der Waals surface area contributed by atoms with Gasteiger partial charge >= 0.3 is 6.01 Å². The number of ether oxygens (including phenoxy) is 1. The van der Waals surface area contributed by atoms with E-state index < -0.39 is 0 Å². The van der Waals surface area contributed by atoms with Crippen molar-refractivity contribution in [1.82, 2.24) is 15.5 Å². The van der Waals surface area contributed by atoms with Gasteiger partial charge in [0, 0.05) is 13.2 Å². The van der Waals surface area contributed by atoms with Crippen LogP contribution in [0.4, 0.5) is 6.01 Å². The van der Waals surface area contributed by atoms with Gasteiger partial charge in [0.15, 0.2) is 0 Å². The van der Waals surface area contributed by atoms with Crippen LogP contribution in [0.5, 0.6) is 0 Å². The maximum Gasteiger partial charge on any atom is 0.315 e. The van der Waals surface area contributed by atoms with E-state index in [1.54, 1.807) is 0 Å². The minimum atomic E-state index is 0.459. The van der Waals surface area contributed by atoms with Gasteiger partial charge in [0.2, 0.25) is 5.89 Å². The Balaban J connectivity index is 2.06. The van der Waals surface area contributed by atoms with Crippen LogP contribution in [0.2, 0.25) is 0 Å². The molecule has 0 bridgehead atoms. The molecule has 6 nitrogen and oxygen atoms in total. The van der Waals surface area contributed by atoms with E-state index in [1.807, 2.05) is 0 Å². The zero-order chi connectivity index (χ0) is 13.9. The van der Waals surface area contributed by atoms with Gasteiger partial charge in [0.25, 0.3) is 0 Å². The molecule has 0 atom stereocenters. The van der Waals surface area contributed by atoms with Gasteiger partial charge in [-0.3, -0.25) is 0 Å². The highest BCUT2D eigenvalue weighted by atomic mass is 16.5. The molecule has 1 rings (SSSR count). The molecule has 0 saturated heterocycles. The third-order valence-electron chi connectivity index (χ3n) is 2.53. The molecule has 0 fully saturated rings. The molecule has 0 saturated carbocycles. The molecule has 19 heavy (non-hydrogen) atoms. The zero-order valence-electron chi connectivity index (χ0n) is 12.2. The van der Waals surface area contributed by atoms with Crippen LogP contribution in [0, 0.1) is 5.92 Å². The summed E-state index contributed by atoms with van der Waals surface area (Å²) in [5.74, 6) is 1.29. The largest absolute Gasteiger partial charge is 0.407 e. The molecular weight excluding hydrogens is 244 g/mol. The van der Waals surface area contributed by atoms with Crippen LogP contribution in [0.25, 0.3) is 0 Å². The van der Waals surface area contributed by atoms with E-state index in [2.05, 4.69) is 41.6 Å². The van der Waals surface area contributed by atoms with Crippen molar-refractivity contribution < 1.29 is 9.15 Å². The van der Waals surface area contributed by atoms with Crippen molar-refractivity contribution in [3.05, 3.63) is 5.89 Å². The van der Waals surface area contributed by atoms with Gasteiger partial charge < -0.3 is 19.8 Å². The molecule has 2 N–H and O–H groups in total. The van der Waals surface area contributed by atoms with Gasteiger partial charge in [-0.1, -0.05) is 25.9 Å². The average Bonchev–Trinajstić information content (AvgIpc) is 2.81. The summed E-state index contributed by atoms with van der Waals surface area (Å²) in [4.78, 5) is 0. The summed E-state index contributed by atoms with van der Waals surface area (Å²) < 4.78 is 10.9. The van der Waals surface area contributed by atoms with Crippen LogP contribution in [0.3, 0.4) is 0 Å². The second-order valence-electron chi connectivity index (χ2n) is 4.90. The molecule has 1 heterocycles. The molecule has 0 amide bonds. The molecule has 0 radical (unpaired) electrons. The van der Waals surface area contributed by atoms with Gasteiger partial charge in [-0.2, -0.15) is 0 Å². The molecule has 0 aliphatic heterocycles. The van der Waals surface area contributed by atoms with E-state index in [-0.39, 0.29) is 0 Å². The molecule has 6 heteroatoms. The quantitative estimate of drug-likeness (QED) is 0.600. The lowest BCUT2D eigenvalue weighted by atomic mass is 10.1. The number of aromatic nitrogens is 2. The van der Waals surface area contributed by atoms with Crippen molar-refractivity contribution in [1.29, 1.82) is 0 Å². The maximum absolute atomic E-state index is 5.49. The molecular formula is C13H26N4O2. The van der Waals surface area contributed by atoms with Gasteiger partial charge in [-0.25, -0.2) is 0 Å². The van der Waals surface area contributed by atoms with Crippen molar-refractivity contribution in [2.24, 2.45) is 5.92 Å². The lowest BCUT2D eigenvalue weighted by molar-refractivity contribution is 0.132. The zero-order valence-corrected chi connectivity index (χ0v) is 12.2. The first-order valence-electron chi connectivity index (χ1n) is 7.07. The third kappa shape index (κ3) is 7.79. The highest BCUT2D eigenvalue weighted by Crippen LogP contribution is 2.04. The van der Waals surface area contributed by atoms with Gasteiger partial charge in [0.1, 0.15) is 0 Å². The second-order valence-corrected chi connectivity index (χ2v) is 4.90. The third-order valence-corrected chi connectivity index (χ3v) is 2.53. The lowest BCUT2D eigenvalue weighted by Crippen LogP contribution is -2.13. The Bertz CT molecular complexity index is 328. The molecule has 110 valence electrons. The summed E-state index contributed by atoms with van der Waals surface area (Å²) in [5, 5.41) is 14.1. The van der Waals surface area contributed by atoms with E-state index >= 15 is 0 Å². The minimum absolute atomic E-state index is 0.459. The fourth-order valence-corrected chi connectivity index (χ4v) is 1.42. The van der Waals surface area contributed by atoms with Crippen LogP contribution in [-0.2, 0) is 11.3 Å². The molecule has 0 unspecified atom stereocenters. The predicted octanol–water partition coefficient (Wildman–Crippen LogP) is 2.04. The highest BCUT2D eigenvalue weighted by molar-refractivity contribution is 5.16. The van der Waals surface area contributed by atoms with Gasteiger partial charge in [0.05, 0.1) is 13.2 Å². The first-order chi connectivity index (χ1) is 9.22. The monoisotopic (exact) mass is 270 g/mol. The van der Waals surface area contributed by atoms with Crippen molar-refractivity contribution in [3.63, 3.8) is 0 Å². The normalized spacial score (nSPS) is 11.2. The standard InChI is InChI=1S/C13H26N4O2/c1-4-6-14-10-12-16-17-13(19-12)15-7-9-18-8-5-11(2)3/h11,14H,4-10H2,1-3H3,(H,15,17). The second kappa shape index (κ2) is 9.75. The van der Waals surface area contributed by atoms with Crippen LogP contribution in [0.15, 0.2) is 4.42 Å². The Hall–Kier alpha value is -1.14. The number of nitrogens with one attached hydrogen (secondary N) is 2. The number of hydrogen-bond donors (Lipinski definition) is 2. The summed E-state index contributed by atoms with van der Waals surface area (Å²) in [6.07, 6.45) is 2.18. The van der Waals surface area contributed by atoms with E-state index in [9.17, 15) is 0 Å². The van der Waals surface area contributed by atoms with Crippen molar-refractivity contribution >= 4 is 6.01 Å². The van der Waals surface area contributed by atoms with Crippen LogP contribution in [0.1, 0.15) is 39.5 Å². The van der Waals surface area contributed by atoms with Crippen molar-refractivity contribution in [2.45, 2.75) is 40.2 Å². The fourth-order valence-electron chi connectivity index (χ4n) is 1.42. The number of hydrogen-bond acceptors (Lipinski definition) is 6. The fraction of sp³-hybridized carbons (Fsp3) is 0.846. The molecule has 1 aromatic heterocycles. The first kappa shape index (κ1) is 15.9. The Morgan fingerprint density at radius 2 is 2.05 bits per heavy atom. The summed E-state index contributed by atoms with van der Waals surface area (Å²) in [5.41, 5.74) is 0. The first-order valence-corrected chi connectivity index (χ1v) is 7.07. The molecule has 0 spiro atoms. The van der Waals surface area contributed by atoms with Gasteiger partial charge in [-0.05, 0) is 25.3 Å². The lowest BCUT2D eigenvalue weighted by Gasteiger charge is -2.06. The molecule has 0 aliphatic carbocycles. The van der Waals surface area contributed by atoms with Crippen molar-refractivity contribution in [2.75, 3.05) is 31.6 Å². The summed E-state index contributed by atoms with van der Waals surface area (Å²) in [6, 6.07) is 0.459. The number of rotatable bonds is 11. The summed E-state index contributed by atoms with van der Waals surface area (Å²) >= 11 is 0. The molecule has 0 aliphatic rings. The molecule has 0 aromatic carbocycles. The maximum atomic E-state index is 5.49. The van der Waals surface area contributed by atoms with E-state index in [4.69, 9.17) is 9.15 Å². The SMILES string of the molecule is CCCNCc1nnc(NCCOCCC(C)C)o1. The number of nitrogens with zero attached hydrogens (tertiary/aromatic N) is 2. The van der Waals surface area contributed by atoms with Gasteiger partial charge in [-0.15, -0.1) is 5.10 Å². The Morgan fingerprint density at radius 1 is 1.21 bits per heavy atom.